The second kappa shape index (κ2) is 7.78. The van der Waals surface area contributed by atoms with Crippen molar-refractivity contribution < 1.29 is 19.0 Å². The predicted octanol–water partition coefficient (Wildman–Crippen LogP) is 7.27. The van der Waals surface area contributed by atoms with Crippen molar-refractivity contribution in [2.24, 2.45) is 0 Å². The number of furan rings is 1. The number of aryl methyl sites for hydroxylation is 1. The Morgan fingerprint density at radius 3 is 2.44 bits per heavy atom. The number of benzene rings is 4. The number of nitrogens with zero attached hydrogens (tertiary/aromatic N) is 3. The van der Waals surface area contributed by atoms with Gasteiger partial charge >= 0.3 is 5.66 Å². The lowest BCUT2D eigenvalue weighted by atomic mass is 9.89. The average molecular weight is 530 g/mol. The van der Waals surface area contributed by atoms with E-state index in [1.54, 1.807) is 18.3 Å². The summed E-state index contributed by atoms with van der Waals surface area (Å²) in [5, 5.41) is 11.9. The van der Waals surface area contributed by atoms with Gasteiger partial charge in [-0.15, -0.1) is 9.13 Å². The van der Waals surface area contributed by atoms with Gasteiger partial charge in [0.05, 0.1) is 18.6 Å². The van der Waals surface area contributed by atoms with Crippen LogP contribution in [0.15, 0.2) is 126 Å². The molecular weight excluding hydrogens is 502 g/mol. The summed E-state index contributed by atoms with van der Waals surface area (Å²) < 4.78 is 44.4. The summed E-state index contributed by atoms with van der Waals surface area (Å²) in [6.07, 6.45) is 3.75. The summed E-state index contributed by atoms with van der Waals surface area (Å²) >= 11 is 0. The van der Waals surface area contributed by atoms with E-state index < -0.39 is 12.5 Å². The van der Waals surface area contributed by atoms with Crippen molar-refractivity contribution in [3.63, 3.8) is 0 Å². The summed E-state index contributed by atoms with van der Waals surface area (Å²) in [4.78, 5) is 0. The van der Waals surface area contributed by atoms with Gasteiger partial charge in [0.25, 0.3) is 0 Å². The molecular formula is C37H23N3O+2. The molecule has 3 aromatic heterocycles. The molecule has 0 saturated heterocycles. The van der Waals surface area contributed by atoms with E-state index in [-0.39, 0.29) is 5.56 Å². The van der Waals surface area contributed by atoms with E-state index in [1.807, 2.05) is 83.6 Å². The zero-order valence-electron chi connectivity index (χ0n) is 25.7. The Morgan fingerprint density at radius 2 is 1.59 bits per heavy atom. The highest BCUT2D eigenvalue weighted by Gasteiger charge is 2.67. The Morgan fingerprint density at radius 1 is 0.756 bits per heavy atom. The molecule has 0 N–H and O–H groups in total. The lowest BCUT2D eigenvalue weighted by Crippen LogP contribution is -2.71. The number of aromatic nitrogens is 2. The lowest BCUT2D eigenvalue weighted by Gasteiger charge is -2.17. The third kappa shape index (κ3) is 2.63. The van der Waals surface area contributed by atoms with Crippen molar-refractivity contribution in [2.75, 3.05) is 0 Å². The van der Waals surface area contributed by atoms with E-state index >= 15 is 0 Å². The standard InChI is InChI=1S/C37H23N3O/c1-23-14-19-31-28-11-5-6-12-29(28)37(40(31)22-23)30-18-17-27-26-16-15-25(21-38)33(24-9-3-2-4-10-24)35(26)41-36(27)34(30)32-13-7-8-20-39(32)37/h2-20,22H,1H3/q+2/i1D3,6D. The number of nitriles is 1. The fourth-order valence-corrected chi connectivity index (χ4v) is 7.07. The first-order valence-electron chi connectivity index (χ1n) is 15.5. The molecule has 4 nitrogen and oxygen atoms in total. The first-order valence-corrected chi connectivity index (χ1v) is 13.5. The van der Waals surface area contributed by atoms with Crippen LogP contribution in [0.4, 0.5) is 0 Å². The van der Waals surface area contributed by atoms with E-state index in [1.165, 1.54) is 0 Å². The topological polar surface area (TPSA) is 44.7 Å². The Hall–Kier alpha value is -5.53. The van der Waals surface area contributed by atoms with Crippen LogP contribution in [0, 0.1) is 18.2 Å². The number of rotatable bonds is 1. The van der Waals surface area contributed by atoms with Crippen molar-refractivity contribution >= 4 is 21.9 Å². The van der Waals surface area contributed by atoms with Crippen molar-refractivity contribution in [2.45, 2.75) is 12.5 Å². The van der Waals surface area contributed by atoms with Gasteiger partial charge in [-0.05, 0) is 60.9 Å². The SMILES string of the molecule is [2H]c1ccc2c(c1)C1(c3ccc4c(oc5c(-c6ccccc6)c(C#N)ccc54)c3-c3cccc[n+]31)[n+]1cc(C([2H])([2H])[2H])ccc1-2. The smallest absolute Gasteiger partial charge is 0.417 e. The molecule has 0 fully saturated rings. The van der Waals surface area contributed by atoms with Gasteiger partial charge in [-0.25, -0.2) is 0 Å². The third-order valence-corrected chi connectivity index (χ3v) is 8.65. The fraction of sp³-hybridized carbons (Fsp3) is 0.0541. The van der Waals surface area contributed by atoms with Gasteiger partial charge in [0.1, 0.15) is 27.9 Å². The summed E-state index contributed by atoms with van der Waals surface area (Å²) in [6, 6.07) is 35.6. The second-order valence-electron chi connectivity index (χ2n) is 10.6. The van der Waals surface area contributed by atoms with Crippen molar-refractivity contribution in [3.05, 3.63) is 144 Å². The quantitative estimate of drug-likeness (QED) is 0.210. The minimum Gasteiger partial charge on any atom is -0.454 e. The van der Waals surface area contributed by atoms with E-state index in [4.69, 9.17) is 9.90 Å². The van der Waals surface area contributed by atoms with Crippen molar-refractivity contribution in [1.82, 2.24) is 0 Å². The molecule has 9 rings (SSSR count). The molecule has 0 amide bonds. The van der Waals surface area contributed by atoms with Crippen LogP contribution in [-0.4, -0.2) is 0 Å². The molecule has 190 valence electrons. The van der Waals surface area contributed by atoms with Crippen LogP contribution < -0.4 is 9.13 Å². The van der Waals surface area contributed by atoms with Crippen LogP contribution in [0.3, 0.4) is 0 Å². The van der Waals surface area contributed by atoms with Gasteiger partial charge in [0, 0.05) is 44.2 Å². The molecule has 2 aliphatic rings. The van der Waals surface area contributed by atoms with Crippen molar-refractivity contribution in [1.29, 1.82) is 5.26 Å². The Labute approximate surface area is 242 Å². The maximum absolute atomic E-state index is 10.1. The van der Waals surface area contributed by atoms with E-state index in [2.05, 4.69) is 28.8 Å². The first-order chi connectivity index (χ1) is 21.8. The average Bonchev–Trinajstić information content (AvgIpc) is 3.67. The Balaban J connectivity index is 1.45. The zero-order valence-corrected chi connectivity index (χ0v) is 21.7. The molecule has 0 bridgehead atoms. The molecule has 4 aromatic carbocycles. The van der Waals surface area contributed by atoms with E-state index in [9.17, 15) is 5.26 Å². The van der Waals surface area contributed by atoms with Gasteiger partial charge in [-0.1, -0.05) is 42.4 Å². The normalized spacial score (nSPS) is 17.7. The van der Waals surface area contributed by atoms with Crippen LogP contribution in [0.2, 0.25) is 0 Å². The molecule has 1 spiro atoms. The molecule has 4 heteroatoms. The summed E-state index contributed by atoms with van der Waals surface area (Å²) in [6.45, 7) is -2.31. The minimum atomic E-state index is -2.31. The van der Waals surface area contributed by atoms with E-state index in [0.717, 1.165) is 55.5 Å². The number of fused-ring (bicyclic) bond motifs is 14. The monoisotopic (exact) mass is 529 g/mol. The molecule has 1 atom stereocenters. The van der Waals surface area contributed by atoms with Crippen molar-refractivity contribution in [3.8, 4) is 39.7 Å². The maximum Gasteiger partial charge on any atom is 0.417 e. The minimum absolute atomic E-state index is 0.234. The van der Waals surface area contributed by atoms with Crippen LogP contribution in [-0.2, 0) is 5.66 Å². The summed E-state index contributed by atoms with van der Waals surface area (Å²) in [5.41, 5.74) is 8.16. The van der Waals surface area contributed by atoms with Gasteiger partial charge in [0.2, 0.25) is 11.4 Å². The number of hydrogen-bond acceptors (Lipinski definition) is 2. The highest BCUT2D eigenvalue weighted by atomic mass is 16.3. The Kier molecular flexibility index (Phi) is 3.55. The first kappa shape index (κ1) is 18.7. The third-order valence-electron chi connectivity index (χ3n) is 8.65. The van der Waals surface area contributed by atoms with Gasteiger partial charge in [-0.2, -0.15) is 5.26 Å². The lowest BCUT2D eigenvalue weighted by molar-refractivity contribution is -0.955. The fourth-order valence-electron chi connectivity index (χ4n) is 7.07. The van der Waals surface area contributed by atoms with Crippen LogP contribution in [0.1, 0.15) is 27.7 Å². The summed E-state index contributed by atoms with van der Waals surface area (Å²) in [5.74, 6) is 0. The molecule has 2 aliphatic heterocycles. The molecule has 1 unspecified atom stereocenters. The van der Waals surface area contributed by atoms with Crippen LogP contribution >= 0.6 is 0 Å². The van der Waals surface area contributed by atoms with Crippen LogP contribution in [0.5, 0.6) is 0 Å². The summed E-state index contributed by atoms with van der Waals surface area (Å²) in [7, 11) is 0. The number of pyridine rings is 2. The zero-order chi connectivity index (χ0) is 30.7. The number of hydrogen-bond donors (Lipinski definition) is 0. The molecule has 7 aromatic rings. The van der Waals surface area contributed by atoms with Crippen LogP contribution in [0.25, 0.3) is 55.6 Å². The molecule has 5 heterocycles. The van der Waals surface area contributed by atoms with Gasteiger partial charge in [-0.3, -0.25) is 0 Å². The molecule has 0 radical (unpaired) electrons. The second-order valence-corrected chi connectivity index (χ2v) is 10.6. The highest BCUT2D eigenvalue weighted by Crippen LogP contribution is 2.50. The molecule has 0 aliphatic carbocycles. The van der Waals surface area contributed by atoms with Gasteiger partial charge in [0.15, 0.2) is 12.4 Å². The maximum atomic E-state index is 10.1. The predicted molar refractivity (Wildman–Crippen MR) is 158 cm³/mol. The molecule has 0 saturated carbocycles. The van der Waals surface area contributed by atoms with Gasteiger partial charge < -0.3 is 4.42 Å². The largest absolute Gasteiger partial charge is 0.454 e. The van der Waals surface area contributed by atoms with E-state index in [0.29, 0.717) is 22.8 Å². The molecule has 41 heavy (non-hydrogen) atoms. The Bertz CT molecular complexity index is 2460. The highest BCUT2D eigenvalue weighted by molar-refractivity contribution is 6.14.